The minimum Gasteiger partial charge on any atom is -0.355 e. The number of amides is 1. The van der Waals surface area contributed by atoms with Gasteiger partial charge in [-0.2, -0.15) is 0 Å². The molecule has 3 rings (SSSR count). The van der Waals surface area contributed by atoms with Crippen LogP contribution in [0.4, 0.5) is 11.4 Å². The predicted octanol–water partition coefficient (Wildman–Crippen LogP) is 5.06. The van der Waals surface area contributed by atoms with E-state index in [1.54, 1.807) is 30.5 Å². The molecule has 126 valence electrons. The highest BCUT2D eigenvalue weighted by atomic mass is 35.5. The number of halogens is 2. The topological polar surface area (TPSA) is 54.0 Å². The van der Waals surface area contributed by atoms with Gasteiger partial charge in [-0.25, -0.2) is 0 Å². The third kappa shape index (κ3) is 4.72. The molecule has 0 spiro atoms. The summed E-state index contributed by atoms with van der Waals surface area (Å²) in [6.07, 6.45) is 1.58. The second-order valence-electron chi connectivity index (χ2n) is 5.35. The van der Waals surface area contributed by atoms with Gasteiger partial charge in [0, 0.05) is 24.1 Å². The number of nitrogens with one attached hydrogen (secondary N) is 2. The second kappa shape index (κ2) is 8.01. The molecule has 0 radical (unpaired) electrons. The monoisotopic (exact) mass is 371 g/mol. The van der Waals surface area contributed by atoms with Crippen molar-refractivity contribution in [3.05, 3.63) is 88.2 Å². The summed E-state index contributed by atoms with van der Waals surface area (Å²) >= 11 is 11.9. The molecule has 2 N–H and O–H groups in total. The summed E-state index contributed by atoms with van der Waals surface area (Å²) < 4.78 is 0. The fourth-order valence-electron chi connectivity index (χ4n) is 2.24. The number of aromatic nitrogens is 1. The lowest BCUT2D eigenvalue weighted by atomic mass is 10.2. The number of nitrogens with zero attached hydrogens (tertiary/aromatic N) is 1. The van der Waals surface area contributed by atoms with Gasteiger partial charge < -0.3 is 10.6 Å². The second-order valence-corrected chi connectivity index (χ2v) is 6.17. The van der Waals surface area contributed by atoms with Crippen molar-refractivity contribution in [1.82, 2.24) is 10.3 Å². The molecule has 1 aromatic heterocycles. The summed E-state index contributed by atoms with van der Waals surface area (Å²) in [5.74, 6) is -0.235. The molecule has 0 saturated heterocycles. The summed E-state index contributed by atoms with van der Waals surface area (Å²) in [5.41, 5.74) is 2.87. The minimum atomic E-state index is -0.235. The number of pyridine rings is 1. The number of carbonyl (C=O) groups is 1. The third-order valence-electron chi connectivity index (χ3n) is 3.50. The van der Waals surface area contributed by atoms with Gasteiger partial charge in [0.15, 0.2) is 0 Å². The maximum absolute atomic E-state index is 12.3. The quantitative estimate of drug-likeness (QED) is 0.658. The van der Waals surface area contributed by atoms with Gasteiger partial charge in [0.1, 0.15) is 5.69 Å². The van der Waals surface area contributed by atoms with Crippen LogP contribution in [0.2, 0.25) is 10.0 Å². The lowest BCUT2D eigenvalue weighted by Crippen LogP contribution is -2.23. The van der Waals surface area contributed by atoms with Crippen LogP contribution in [0.5, 0.6) is 0 Å². The molecular weight excluding hydrogens is 357 g/mol. The Kier molecular flexibility index (Phi) is 5.53. The Balaban J connectivity index is 1.68. The summed E-state index contributed by atoms with van der Waals surface area (Å²) in [4.78, 5) is 16.4. The Morgan fingerprint density at radius 2 is 1.68 bits per heavy atom. The molecule has 0 aliphatic rings. The van der Waals surface area contributed by atoms with Crippen molar-refractivity contribution >= 4 is 40.5 Å². The van der Waals surface area contributed by atoms with Gasteiger partial charge in [0.25, 0.3) is 5.91 Å². The highest BCUT2D eigenvalue weighted by molar-refractivity contribution is 6.42. The molecule has 0 unspecified atom stereocenters. The van der Waals surface area contributed by atoms with Crippen LogP contribution in [-0.4, -0.2) is 10.9 Å². The minimum absolute atomic E-state index is 0.235. The van der Waals surface area contributed by atoms with E-state index in [2.05, 4.69) is 15.6 Å². The molecule has 1 heterocycles. The van der Waals surface area contributed by atoms with Crippen LogP contribution in [-0.2, 0) is 6.54 Å². The molecule has 0 saturated carbocycles. The fourth-order valence-corrected chi connectivity index (χ4v) is 2.54. The Labute approximate surface area is 155 Å². The van der Waals surface area contributed by atoms with Gasteiger partial charge in [-0.05, 0) is 35.9 Å². The molecular formula is C19H15Cl2N3O. The van der Waals surface area contributed by atoms with Gasteiger partial charge in [-0.1, -0.05) is 53.5 Å². The Morgan fingerprint density at radius 1 is 0.920 bits per heavy atom. The average molecular weight is 372 g/mol. The predicted molar refractivity (Wildman–Crippen MR) is 102 cm³/mol. The van der Waals surface area contributed by atoms with E-state index in [1.807, 2.05) is 36.4 Å². The molecule has 2 aromatic carbocycles. The van der Waals surface area contributed by atoms with Crippen molar-refractivity contribution in [2.24, 2.45) is 0 Å². The summed E-state index contributed by atoms with van der Waals surface area (Å²) in [7, 11) is 0. The number of benzene rings is 2. The highest BCUT2D eigenvalue weighted by Crippen LogP contribution is 2.27. The van der Waals surface area contributed by atoms with Crippen LogP contribution < -0.4 is 10.6 Å². The summed E-state index contributed by atoms with van der Waals surface area (Å²) in [6.45, 7) is 0.450. The van der Waals surface area contributed by atoms with E-state index < -0.39 is 0 Å². The van der Waals surface area contributed by atoms with Crippen LogP contribution in [0.3, 0.4) is 0 Å². The zero-order valence-corrected chi connectivity index (χ0v) is 14.7. The summed E-state index contributed by atoms with van der Waals surface area (Å²) in [5, 5.41) is 6.98. The standard InChI is InChI=1S/C19H15Cl2N3O/c20-16-7-6-14(10-17(16)21)24-15-8-9-22-18(11-15)19(25)23-12-13-4-2-1-3-5-13/h1-11H,12H2,(H,22,24)(H,23,25). The Bertz CT molecular complexity index is 885. The Hall–Kier alpha value is -2.56. The first-order chi connectivity index (χ1) is 12.1. The zero-order valence-electron chi connectivity index (χ0n) is 13.2. The first-order valence-corrected chi connectivity index (χ1v) is 8.38. The van der Waals surface area contributed by atoms with Gasteiger partial charge in [-0.15, -0.1) is 0 Å². The number of hydrogen-bond donors (Lipinski definition) is 2. The van der Waals surface area contributed by atoms with E-state index in [0.717, 1.165) is 16.9 Å². The first-order valence-electron chi connectivity index (χ1n) is 7.62. The van der Waals surface area contributed by atoms with E-state index in [4.69, 9.17) is 23.2 Å². The van der Waals surface area contributed by atoms with Crippen molar-refractivity contribution in [3.63, 3.8) is 0 Å². The number of anilines is 2. The summed E-state index contributed by atoms with van der Waals surface area (Å²) in [6, 6.07) is 18.4. The Morgan fingerprint density at radius 3 is 2.44 bits per heavy atom. The average Bonchev–Trinajstić information content (AvgIpc) is 2.64. The smallest absolute Gasteiger partial charge is 0.270 e. The first kappa shape index (κ1) is 17.3. The van der Waals surface area contributed by atoms with Crippen LogP contribution in [0, 0.1) is 0 Å². The highest BCUT2D eigenvalue weighted by Gasteiger charge is 2.08. The van der Waals surface area contributed by atoms with Crippen LogP contribution >= 0.6 is 23.2 Å². The molecule has 6 heteroatoms. The number of hydrogen-bond acceptors (Lipinski definition) is 3. The molecule has 0 bridgehead atoms. The van der Waals surface area contributed by atoms with Crippen LogP contribution in [0.25, 0.3) is 0 Å². The van der Waals surface area contributed by atoms with Crippen LogP contribution in [0.1, 0.15) is 16.1 Å². The lowest BCUT2D eigenvalue weighted by molar-refractivity contribution is 0.0946. The molecule has 3 aromatic rings. The molecule has 0 fully saturated rings. The van der Waals surface area contributed by atoms with Crippen molar-refractivity contribution in [3.8, 4) is 0 Å². The van der Waals surface area contributed by atoms with Crippen molar-refractivity contribution in [2.45, 2.75) is 6.54 Å². The zero-order chi connectivity index (χ0) is 17.6. The largest absolute Gasteiger partial charge is 0.355 e. The van der Waals surface area contributed by atoms with E-state index in [9.17, 15) is 4.79 Å². The fraction of sp³-hybridized carbons (Fsp3) is 0.0526. The third-order valence-corrected chi connectivity index (χ3v) is 4.24. The SMILES string of the molecule is O=C(NCc1ccccc1)c1cc(Nc2ccc(Cl)c(Cl)c2)ccn1. The number of rotatable bonds is 5. The molecule has 4 nitrogen and oxygen atoms in total. The molecule has 25 heavy (non-hydrogen) atoms. The van der Waals surface area contributed by atoms with Crippen LogP contribution in [0.15, 0.2) is 66.9 Å². The van der Waals surface area contributed by atoms with Crippen molar-refractivity contribution < 1.29 is 4.79 Å². The number of carbonyl (C=O) groups excluding carboxylic acids is 1. The van der Waals surface area contributed by atoms with Gasteiger partial charge >= 0.3 is 0 Å². The maximum atomic E-state index is 12.3. The molecule has 0 atom stereocenters. The molecule has 0 aliphatic heterocycles. The van der Waals surface area contributed by atoms with Gasteiger partial charge in [0.2, 0.25) is 0 Å². The van der Waals surface area contributed by atoms with E-state index in [-0.39, 0.29) is 5.91 Å². The lowest BCUT2D eigenvalue weighted by Gasteiger charge is -2.09. The van der Waals surface area contributed by atoms with Crippen molar-refractivity contribution in [1.29, 1.82) is 0 Å². The van der Waals surface area contributed by atoms with E-state index in [0.29, 0.717) is 22.3 Å². The molecule has 1 amide bonds. The van der Waals surface area contributed by atoms with E-state index >= 15 is 0 Å². The normalized spacial score (nSPS) is 10.3. The van der Waals surface area contributed by atoms with Gasteiger partial charge in [0.05, 0.1) is 10.0 Å². The van der Waals surface area contributed by atoms with Gasteiger partial charge in [-0.3, -0.25) is 9.78 Å². The van der Waals surface area contributed by atoms with Crippen molar-refractivity contribution in [2.75, 3.05) is 5.32 Å². The van der Waals surface area contributed by atoms with E-state index in [1.165, 1.54) is 0 Å². The molecule has 0 aliphatic carbocycles. The maximum Gasteiger partial charge on any atom is 0.270 e.